The predicted octanol–water partition coefficient (Wildman–Crippen LogP) is 3.33. The van der Waals surface area contributed by atoms with Crippen LogP contribution >= 0.6 is 12.2 Å². The van der Waals surface area contributed by atoms with Gasteiger partial charge in [-0.3, -0.25) is 0 Å². The molecule has 0 saturated heterocycles. The van der Waals surface area contributed by atoms with Crippen LogP contribution in [0.3, 0.4) is 0 Å². The average Bonchev–Trinajstić information content (AvgIpc) is 3.10. The third-order valence-electron chi connectivity index (χ3n) is 3.42. The molecule has 0 radical (unpaired) electrons. The van der Waals surface area contributed by atoms with E-state index in [0.717, 1.165) is 17.0 Å². The summed E-state index contributed by atoms with van der Waals surface area (Å²) in [6.07, 6.45) is 0. The molecule has 0 aliphatic carbocycles. The molecule has 3 aromatic rings. The number of rotatable bonds is 6. The van der Waals surface area contributed by atoms with Crippen molar-refractivity contribution in [1.82, 2.24) is 20.4 Å². The number of nitrogens with zero attached hydrogens (tertiary/aromatic N) is 3. The molecule has 0 atom stereocenters. The summed E-state index contributed by atoms with van der Waals surface area (Å²) in [5.74, 6) is 2.45. The van der Waals surface area contributed by atoms with Crippen molar-refractivity contribution in [2.24, 2.45) is 0 Å². The second-order valence-electron chi connectivity index (χ2n) is 5.44. The van der Waals surface area contributed by atoms with Gasteiger partial charge in [0.25, 0.3) is 0 Å². The van der Waals surface area contributed by atoms with Crippen molar-refractivity contribution in [2.45, 2.75) is 20.4 Å². The minimum atomic E-state index is 0.321. The number of hydrogen-bond donors (Lipinski definition) is 2. The minimum absolute atomic E-state index is 0.321. The highest BCUT2D eigenvalue weighted by atomic mass is 32.1. The van der Waals surface area contributed by atoms with Gasteiger partial charge in [0.15, 0.2) is 5.11 Å². The molecule has 0 aliphatic heterocycles. The molecule has 8 heteroatoms. The van der Waals surface area contributed by atoms with Crippen LogP contribution in [-0.4, -0.2) is 26.8 Å². The van der Waals surface area contributed by atoms with Crippen LogP contribution < -0.4 is 15.4 Å². The molecule has 0 unspecified atom stereocenters. The van der Waals surface area contributed by atoms with Crippen LogP contribution in [0.4, 0.5) is 5.82 Å². The Bertz CT molecular complexity index is 879. The average molecular weight is 369 g/mol. The normalized spacial score (nSPS) is 10.4. The number of anilines is 1. The Morgan fingerprint density at radius 2 is 1.96 bits per heavy atom. The number of pyridine rings is 1. The first-order valence-electron chi connectivity index (χ1n) is 8.18. The number of benzene rings is 1. The molecule has 0 fully saturated rings. The van der Waals surface area contributed by atoms with Gasteiger partial charge in [-0.1, -0.05) is 11.2 Å². The summed E-state index contributed by atoms with van der Waals surface area (Å²) in [7, 11) is 0. The van der Waals surface area contributed by atoms with Crippen LogP contribution in [0.2, 0.25) is 0 Å². The molecule has 0 aliphatic rings. The smallest absolute Gasteiger partial charge is 0.246 e. The fourth-order valence-corrected chi connectivity index (χ4v) is 2.42. The van der Waals surface area contributed by atoms with Crippen LogP contribution in [0.5, 0.6) is 5.75 Å². The molecule has 2 heterocycles. The molecule has 134 valence electrons. The predicted molar refractivity (Wildman–Crippen MR) is 103 cm³/mol. The summed E-state index contributed by atoms with van der Waals surface area (Å²) in [4.78, 5) is 8.70. The zero-order valence-corrected chi connectivity index (χ0v) is 15.3. The summed E-state index contributed by atoms with van der Waals surface area (Å²) in [6.45, 7) is 4.81. The lowest BCUT2D eigenvalue weighted by molar-refractivity contribution is 0.340. The van der Waals surface area contributed by atoms with Gasteiger partial charge < -0.3 is 19.9 Å². The standard InChI is InChI=1S/C18H19N5O2S/c1-3-24-14-9-7-13(8-10-14)17-22-16(25-23-17)11-19-18(26)21-15-6-4-5-12(2)20-15/h4-10H,3,11H2,1-2H3,(H2,19,20,21,26). The van der Waals surface area contributed by atoms with E-state index in [9.17, 15) is 0 Å². The molecule has 2 N–H and O–H groups in total. The Labute approximate surface area is 156 Å². The second kappa shape index (κ2) is 8.39. The largest absolute Gasteiger partial charge is 0.494 e. The zero-order chi connectivity index (χ0) is 18.4. The van der Waals surface area contributed by atoms with E-state index < -0.39 is 0 Å². The molecule has 3 rings (SSSR count). The summed E-state index contributed by atoms with van der Waals surface area (Å²) in [6, 6.07) is 13.2. The molecule has 0 amide bonds. The topological polar surface area (TPSA) is 85.1 Å². The SMILES string of the molecule is CCOc1ccc(-c2noc(CNC(=S)Nc3cccc(C)n3)n2)cc1. The highest BCUT2D eigenvalue weighted by molar-refractivity contribution is 7.80. The van der Waals surface area contributed by atoms with Gasteiger partial charge in [0, 0.05) is 11.3 Å². The third kappa shape index (κ3) is 4.76. The number of nitrogens with one attached hydrogen (secondary N) is 2. The van der Waals surface area contributed by atoms with E-state index >= 15 is 0 Å². The molecule has 0 bridgehead atoms. The van der Waals surface area contributed by atoms with Crippen molar-refractivity contribution < 1.29 is 9.26 Å². The Morgan fingerprint density at radius 3 is 2.69 bits per heavy atom. The van der Waals surface area contributed by atoms with Crippen molar-refractivity contribution in [3.63, 3.8) is 0 Å². The fourth-order valence-electron chi connectivity index (χ4n) is 2.24. The maximum absolute atomic E-state index is 5.42. The Hall–Kier alpha value is -3.00. The lowest BCUT2D eigenvalue weighted by atomic mass is 10.2. The van der Waals surface area contributed by atoms with Crippen molar-refractivity contribution in [3.8, 4) is 17.1 Å². The molecule has 0 spiro atoms. The Morgan fingerprint density at radius 1 is 1.15 bits per heavy atom. The first-order chi connectivity index (χ1) is 12.6. The summed E-state index contributed by atoms with van der Waals surface area (Å²) >= 11 is 5.25. The van der Waals surface area contributed by atoms with E-state index in [2.05, 4.69) is 25.8 Å². The molecular formula is C18H19N5O2S. The Balaban J connectivity index is 1.55. The zero-order valence-electron chi connectivity index (χ0n) is 14.5. The third-order valence-corrected chi connectivity index (χ3v) is 3.67. The van der Waals surface area contributed by atoms with Gasteiger partial charge in [-0.25, -0.2) is 4.98 Å². The maximum atomic E-state index is 5.42. The maximum Gasteiger partial charge on any atom is 0.246 e. The molecule has 0 saturated carbocycles. The number of ether oxygens (including phenoxy) is 1. The van der Waals surface area contributed by atoms with Crippen LogP contribution in [0.15, 0.2) is 47.0 Å². The molecular weight excluding hydrogens is 350 g/mol. The Kier molecular flexibility index (Phi) is 5.75. The quantitative estimate of drug-likeness (QED) is 0.640. The summed E-state index contributed by atoms with van der Waals surface area (Å²) < 4.78 is 10.7. The van der Waals surface area contributed by atoms with Gasteiger partial charge in [0.1, 0.15) is 11.6 Å². The molecule has 7 nitrogen and oxygen atoms in total. The van der Waals surface area contributed by atoms with Crippen molar-refractivity contribution >= 4 is 23.1 Å². The van der Waals surface area contributed by atoms with E-state index in [-0.39, 0.29) is 0 Å². The molecule has 2 aromatic heterocycles. The first kappa shape index (κ1) is 17.8. The molecule has 1 aromatic carbocycles. The lowest BCUT2D eigenvalue weighted by Crippen LogP contribution is -2.28. The lowest BCUT2D eigenvalue weighted by Gasteiger charge is -2.08. The first-order valence-corrected chi connectivity index (χ1v) is 8.59. The van der Waals surface area contributed by atoms with Crippen LogP contribution in [0.25, 0.3) is 11.4 Å². The van der Waals surface area contributed by atoms with E-state index in [1.54, 1.807) is 0 Å². The van der Waals surface area contributed by atoms with Crippen LogP contribution in [0, 0.1) is 6.92 Å². The van der Waals surface area contributed by atoms with Gasteiger partial charge in [-0.15, -0.1) is 0 Å². The van der Waals surface area contributed by atoms with Crippen molar-refractivity contribution in [3.05, 3.63) is 54.0 Å². The minimum Gasteiger partial charge on any atom is -0.494 e. The summed E-state index contributed by atoms with van der Waals surface area (Å²) in [5.41, 5.74) is 1.77. The number of hydrogen-bond acceptors (Lipinski definition) is 6. The number of thiocarbonyl (C=S) groups is 1. The number of aromatic nitrogens is 3. The van der Waals surface area contributed by atoms with Crippen LogP contribution in [0.1, 0.15) is 18.5 Å². The second-order valence-corrected chi connectivity index (χ2v) is 5.85. The van der Waals surface area contributed by atoms with E-state index in [0.29, 0.717) is 35.8 Å². The van der Waals surface area contributed by atoms with Gasteiger partial charge in [0.2, 0.25) is 11.7 Å². The highest BCUT2D eigenvalue weighted by Gasteiger charge is 2.09. The van der Waals surface area contributed by atoms with Gasteiger partial charge in [-0.2, -0.15) is 4.98 Å². The monoisotopic (exact) mass is 369 g/mol. The van der Waals surface area contributed by atoms with E-state index in [1.165, 1.54) is 0 Å². The van der Waals surface area contributed by atoms with Gasteiger partial charge in [-0.05, 0) is 62.5 Å². The van der Waals surface area contributed by atoms with Crippen molar-refractivity contribution in [1.29, 1.82) is 0 Å². The van der Waals surface area contributed by atoms with Gasteiger partial charge >= 0.3 is 0 Å². The van der Waals surface area contributed by atoms with E-state index in [1.807, 2.05) is 56.3 Å². The van der Waals surface area contributed by atoms with Gasteiger partial charge in [0.05, 0.1) is 13.2 Å². The molecule has 26 heavy (non-hydrogen) atoms. The number of aryl methyl sites for hydroxylation is 1. The fraction of sp³-hybridized carbons (Fsp3) is 0.222. The van der Waals surface area contributed by atoms with E-state index in [4.69, 9.17) is 21.5 Å². The summed E-state index contributed by atoms with van der Waals surface area (Å²) in [5, 5.41) is 10.5. The highest BCUT2D eigenvalue weighted by Crippen LogP contribution is 2.20. The van der Waals surface area contributed by atoms with Crippen LogP contribution in [-0.2, 0) is 6.54 Å². The van der Waals surface area contributed by atoms with Crippen molar-refractivity contribution in [2.75, 3.05) is 11.9 Å².